The molecule has 0 aliphatic heterocycles. The molecule has 0 amide bonds. The summed E-state index contributed by atoms with van der Waals surface area (Å²) in [6.07, 6.45) is 5.57. The van der Waals surface area contributed by atoms with Gasteiger partial charge in [0, 0.05) is 50.0 Å². The Morgan fingerprint density at radius 3 is 2.59 bits per heavy atom. The molecule has 4 heteroatoms. The minimum atomic E-state index is -1.45. The van der Waals surface area contributed by atoms with Gasteiger partial charge in [-0.3, -0.25) is 0 Å². The van der Waals surface area contributed by atoms with E-state index in [4.69, 9.17) is 0 Å². The van der Waals surface area contributed by atoms with Gasteiger partial charge in [0.15, 0.2) is 0 Å². The van der Waals surface area contributed by atoms with Crippen LogP contribution in [0.25, 0.3) is 0 Å². The second-order valence-electron chi connectivity index (χ2n) is 8.13. The van der Waals surface area contributed by atoms with E-state index in [1.807, 2.05) is 0 Å². The van der Waals surface area contributed by atoms with Crippen molar-refractivity contribution in [3.05, 3.63) is 11.6 Å². The number of hydrogen-bond acceptors (Lipinski definition) is 2. The van der Waals surface area contributed by atoms with Gasteiger partial charge in [-0.25, -0.2) is 0 Å². The van der Waals surface area contributed by atoms with E-state index >= 15 is 0 Å². The van der Waals surface area contributed by atoms with Crippen LogP contribution < -0.4 is 0 Å². The van der Waals surface area contributed by atoms with Crippen molar-refractivity contribution in [1.82, 2.24) is 0 Å². The first-order valence-corrected chi connectivity index (χ1v) is 11.7. The third kappa shape index (κ3) is 4.49. The summed E-state index contributed by atoms with van der Waals surface area (Å²) in [5.74, 6) is 3.49. The van der Waals surface area contributed by atoms with Crippen LogP contribution in [0.1, 0.15) is 39.5 Å². The fraction of sp³-hybridized carbons (Fsp3) is 0.778. The third-order valence-corrected chi connectivity index (χ3v) is 6.18. The predicted octanol–water partition coefficient (Wildman–Crippen LogP) is 3.36. The molecule has 0 spiro atoms. The standard InChI is InChI=1S/C18H30O2Si.Ac/c1-13(16(19)10-12-21(3,4)5)14-8-9-15-17(20)7-6-11-18(14,15)2;/h8,13,15-17,19-20H,6-7,9,11H2,1-5H3;/t13-,15?,16?,17?,18-;/m1./s1. The van der Waals surface area contributed by atoms with Crippen molar-refractivity contribution >= 4 is 8.07 Å². The monoisotopic (exact) mass is 533 g/mol. The summed E-state index contributed by atoms with van der Waals surface area (Å²) >= 11 is 0. The molecule has 22 heavy (non-hydrogen) atoms. The molecule has 0 saturated heterocycles. The quantitative estimate of drug-likeness (QED) is 0.325. The summed E-state index contributed by atoms with van der Waals surface area (Å²) in [4.78, 5) is 0. The molecular formula is C18H30AcO2Si. The van der Waals surface area contributed by atoms with Crippen molar-refractivity contribution in [3.63, 3.8) is 0 Å². The largest absolute Gasteiger partial charge is 0.393 e. The Morgan fingerprint density at radius 1 is 1.36 bits per heavy atom. The molecule has 0 aromatic heterocycles. The summed E-state index contributed by atoms with van der Waals surface area (Å²) in [5, 5.41) is 20.7. The molecule has 2 nitrogen and oxygen atoms in total. The van der Waals surface area contributed by atoms with Crippen LogP contribution >= 0.6 is 0 Å². The number of aliphatic hydroxyl groups is 2. The van der Waals surface area contributed by atoms with Gasteiger partial charge in [0.1, 0.15) is 14.2 Å². The van der Waals surface area contributed by atoms with Crippen LogP contribution in [0.2, 0.25) is 19.6 Å². The number of fused-ring (bicyclic) bond motifs is 1. The Balaban J connectivity index is 0.00000242. The fourth-order valence-corrected chi connectivity index (χ4v) is 4.62. The maximum Gasteiger partial charge on any atom is 0.129 e. The summed E-state index contributed by atoms with van der Waals surface area (Å²) < 4.78 is 0. The molecule has 2 aliphatic carbocycles. The number of rotatable bonds is 2. The Morgan fingerprint density at radius 2 is 2.00 bits per heavy atom. The molecule has 0 aromatic carbocycles. The second kappa shape index (κ2) is 7.84. The number of aliphatic hydroxyl groups excluding tert-OH is 2. The average Bonchev–Trinajstić information content (AvgIpc) is 2.73. The smallest absolute Gasteiger partial charge is 0.129 e. The van der Waals surface area contributed by atoms with Crippen molar-refractivity contribution < 1.29 is 54.3 Å². The zero-order valence-corrected chi connectivity index (χ0v) is 20.4. The van der Waals surface area contributed by atoms with Crippen LogP contribution in [-0.4, -0.2) is 30.5 Å². The van der Waals surface area contributed by atoms with E-state index < -0.39 is 14.2 Å². The summed E-state index contributed by atoms with van der Waals surface area (Å²) in [7, 11) is -1.45. The molecule has 2 aliphatic rings. The van der Waals surface area contributed by atoms with Crippen LogP contribution in [0.15, 0.2) is 11.6 Å². The Bertz CT molecular complexity index is 486. The van der Waals surface area contributed by atoms with E-state index in [0.29, 0.717) is 5.92 Å². The van der Waals surface area contributed by atoms with Gasteiger partial charge >= 0.3 is 0 Å². The van der Waals surface area contributed by atoms with E-state index in [9.17, 15) is 10.2 Å². The SMILES string of the molecule is C[C@H](C1=CCC2C(O)CCC[C@]12C)C(O)C#C[Si](C)(C)C.[Ac]. The van der Waals surface area contributed by atoms with Crippen molar-refractivity contribution in [2.24, 2.45) is 17.3 Å². The minimum Gasteiger partial charge on any atom is -0.393 e. The molecule has 2 N–H and O–H groups in total. The molecule has 1 saturated carbocycles. The summed E-state index contributed by atoms with van der Waals surface area (Å²) in [6.45, 7) is 10.9. The van der Waals surface area contributed by atoms with Gasteiger partial charge in [-0.05, 0) is 37.0 Å². The molecule has 0 heterocycles. The van der Waals surface area contributed by atoms with Crippen LogP contribution in [0.5, 0.6) is 0 Å². The van der Waals surface area contributed by atoms with Gasteiger partial charge in [0.2, 0.25) is 0 Å². The molecular weight excluding hydrogens is 503 g/mol. The molecule has 121 valence electrons. The first-order chi connectivity index (χ1) is 9.65. The van der Waals surface area contributed by atoms with Gasteiger partial charge < -0.3 is 10.2 Å². The summed E-state index contributed by atoms with van der Waals surface area (Å²) in [6, 6.07) is 0. The average molecular weight is 534 g/mol. The van der Waals surface area contributed by atoms with Crippen LogP contribution in [0.4, 0.5) is 0 Å². The fourth-order valence-electron chi connectivity index (χ4n) is 4.04. The Kier molecular flexibility index (Phi) is 7.46. The van der Waals surface area contributed by atoms with Gasteiger partial charge in [-0.1, -0.05) is 51.1 Å². The van der Waals surface area contributed by atoms with Gasteiger partial charge in [-0.2, -0.15) is 0 Å². The molecule has 0 bridgehead atoms. The third-order valence-electron chi connectivity index (χ3n) is 5.29. The van der Waals surface area contributed by atoms with E-state index in [2.05, 4.69) is 51.0 Å². The number of allylic oxidation sites excluding steroid dienone is 1. The zero-order valence-electron chi connectivity index (χ0n) is 14.7. The van der Waals surface area contributed by atoms with Gasteiger partial charge in [0.25, 0.3) is 0 Å². The normalized spacial score (nSPS) is 33.7. The van der Waals surface area contributed by atoms with Crippen molar-refractivity contribution in [1.29, 1.82) is 0 Å². The van der Waals surface area contributed by atoms with E-state index in [1.54, 1.807) is 0 Å². The molecule has 1 fully saturated rings. The number of hydrogen-bond donors (Lipinski definition) is 2. The molecule has 3 unspecified atom stereocenters. The molecule has 2 rings (SSSR count). The zero-order chi connectivity index (χ0) is 15.8. The second-order valence-corrected chi connectivity index (χ2v) is 12.9. The van der Waals surface area contributed by atoms with Gasteiger partial charge in [-0.15, -0.1) is 5.54 Å². The van der Waals surface area contributed by atoms with Gasteiger partial charge in [0.05, 0.1) is 6.10 Å². The topological polar surface area (TPSA) is 40.5 Å². The van der Waals surface area contributed by atoms with E-state index in [0.717, 1.165) is 25.7 Å². The van der Waals surface area contributed by atoms with Crippen LogP contribution in [0, 0.1) is 72.8 Å². The first-order valence-electron chi connectivity index (χ1n) is 8.24. The molecule has 0 aromatic rings. The van der Waals surface area contributed by atoms with Crippen molar-refractivity contribution in [2.45, 2.75) is 71.4 Å². The van der Waals surface area contributed by atoms with E-state index in [1.165, 1.54) is 5.57 Å². The maximum atomic E-state index is 10.5. The van der Waals surface area contributed by atoms with Crippen LogP contribution in [0.3, 0.4) is 0 Å². The summed E-state index contributed by atoms with van der Waals surface area (Å²) in [5.41, 5.74) is 4.66. The molecule has 1 radical (unpaired) electrons. The Labute approximate surface area is 172 Å². The Hall–Kier alpha value is 0.878. The van der Waals surface area contributed by atoms with Crippen molar-refractivity contribution in [2.75, 3.05) is 0 Å². The first kappa shape index (κ1) is 20.9. The van der Waals surface area contributed by atoms with Crippen molar-refractivity contribution in [3.8, 4) is 11.5 Å². The van der Waals surface area contributed by atoms with Crippen LogP contribution in [-0.2, 0) is 0 Å². The predicted molar refractivity (Wildman–Crippen MR) is 90.4 cm³/mol. The molecule has 5 atom stereocenters. The minimum absolute atomic E-state index is 0. The van der Waals surface area contributed by atoms with E-state index in [-0.39, 0.29) is 61.5 Å². The maximum absolute atomic E-state index is 10.5.